The molecule has 0 aromatic rings. The third kappa shape index (κ3) is 10.4. The van der Waals surface area contributed by atoms with E-state index < -0.39 is 9.58 Å². The number of hydrogen-bond donors (Lipinski definition) is 0. The molecule has 0 amide bonds. The summed E-state index contributed by atoms with van der Waals surface area (Å²) in [6, 6.07) is 0. The third-order valence-electron chi connectivity index (χ3n) is 1.85. The molecule has 0 fully saturated rings. The molecule has 0 aromatic carbocycles. The summed E-state index contributed by atoms with van der Waals surface area (Å²) in [6.45, 7) is 0. The standard InChI is InChI=1S/C8H16Br2Cl2Ge/c9-13(10,7-3-1-5-11)8-4-2-6-12/h1-8H2. The van der Waals surface area contributed by atoms with Crippen molar-refractivity contribution in [3.05, 3.63) is 0 Å². The van der Waals surface area contributed by atoms with Gasteiger partial charge in [0.2, 0.25) is 0 Å². The second-order valence-corrected chi connectivity index (χ2v) is 30.9. The first-order chi connectivity index (χ1) is 6.12. The minimum atomic E-state index is -1.75. The Bertz CT molecular complexity index is 111. The van der Waals surface area contributed by atoms with Crippen molar-refractivity contribution in [1.29, 1.82) is 0 Å². The van der Waals surface area contributed by atoms with Crippen LogP contribution >= 0.6 is 51.2 Å². The number of unbranched alkanes of at least 4 members (excludes halogenated alkanes) is 2. The molecule has 0 bridgehead atoms. The molecule has 80 valence electrons. The zero-order chi connectivity index (χ0) is 10.2. The van der Waals surface area contributed by atoms with Crippen molar-refractivity contribution in [2.45, 2.75) is 36.2 Å². The molecule has 0 atom stereocenters. The van der Waals surface area contributed by atoms with Gasteiger partial charge in [-0.1, -0.05) is 0 Å². The second-order valence-electron chi connectivity index (χ2n) is 3.15. The van der Waals surface area contributed by atoms with Gasteiger partial charge in [-0.3, -0.25) is 0 Å². The van der Waals surface area contributed by atoms with Gasteiger partial charge in [-0.15, -0.1) is 0 Å². The molecule has 0 heterocycles. The first-order valence-electron chi connectivity index (χ1n) is 4.62. The Morgan fingerprint density at radius 1 is 0.769 bits per heavy atom. The average molecular weight is 416 g/mol. The maximum atomic E-state index is 5.63. The van der Waals surface area contributed by atoms with Gasteiger partial charge in [-0.2, -0.15) is 0 Å². The normalized spacial score (nSPS) is 12.0. The molecule has 0 aromatic heterocycles. The van der Waals surface area contributed by atoms with Crippen molar-refractivity contribution in [1.82, 2.24) is 0 Å². The van der Waals surface area contributed by atoms with Crippen LogP contribution in [0.5, 0.6) is 0 Å². The second kappa shape index (κ2) is 9.32. The number of alkyl halides is 2. The molecule has 0 rings (SSSR count). The monoisotopic (exact) mass is 414 g/mol. The molecule has 0 aliphatic carbocycles. The van der Waals surface area contributed by atoms with Gasteiger partial charge in [0, 0.05) is 0 Å². The fourth-order valence-corrected chi connectivity index (χ4v) is 11.0. The molecule has 0 aliphatic heterocycles. The van der Waals surface area contributed by atoms with E-state index in [-0.39, 0.29) is 0 Å². The van der Waals surface area contributed by atoms with Crippen LogP contribution in [0.4, 0.5) is 0 Å². The van der Waals surface area contributed by atoms with Crippen molar-refractivity contribution >= 4 is 60.8 Å². The predicted molar refractivity (Wildman–Crippen MR) is 73.1 cm³/mol. The quantitative estimate of drug-likeness (QED) is 0.288. The SMILES string of the molecule is ClCCC[CH2][Ge]([Br])([Br])[CH2]CCCCl. The van der Waals surface area contributed by atoms with E-state index >= 15 is 0 Å². The minimum absolute atomic E-state index is 0.792. The summed E-state index contributed by atoms with van der Waals surface area (Å²) in [7, 11) is -1.75. The van der Waals surface area contributed by atoms with Gasteiger partial charge in [0.1, 0.15) is 0 Å². The summed E-state index contributed by atoms with van der Waals surface area (Å²) in [4.78, 5) is 0. The topological polar surface area (TPSA) is 0 Å². The summed E-state index contributed by atoms with van der Waals surface area (Å²) >= 11 is 19.0. The van der Waals surface area contributed by atoms with Gasteiger partial charge in [-0.25, -0.2) is 0 Å². The van der Waals surface area contributed by atoms with E-state index in [0.717, 1.165) is 24.6 Å². The fraction of sp³-hybridized carbons (Fsp3) is 1.00. The third-order valence-corrected chi connectivity index (χ3v) is 15.2. The Morgan fingerprint density at radius 3 is 1.46 bits per heavy atom. The van der Waals surface area contributed by atoms with Crippen LogP contribution in [0.15, 0.2) is 0 Å². The number of hydrogen-bond acceptors (Lipinski definition) is 0. The van der Waals surface area contributed by atoms with Crippen LogP contribution in [0.1, 0.15) is 25.7 Å². The summed E-state index contributed by atoms with van der Waals surface area (Å²) in [6.07, 6.45) is 4.78. The van der Waals surface area contributed by atoms with Crippen LogP contribution in [-0.2, 0) is 0 Å². The predicted octanol–water partition coefficient (Wildman–Crippen LogP) is 5.26. The number of rotatable bonds is 8. The average Bonchev–Trinajstić information content (AvgIpc) is 2.05. The van der Waals surface area contributed by atoms with E-state index in [1.165, 1.54) is 23.3 Å². The molecule has 0 N–H and O–H groups in total. The van der Waals surface area contributed by atoms with Crippen molar-refractivity contribution in [2.75, 3.05) is 11.8 Å². The van der Waals surface area contributed by atoms with Crippen LogP contribution < -0.4 is 0 Å². The van der Waals surface area contributed by atoms with Crippen molar-refractivity contribution in [2.24, 2.45) is 0 Å². The van der Waals surface area contributed by atoms with Gasteiger partial charge >= 0.3 is 109 Å². The molecular formula is C8H16Br2Cl2Ge. The van der Waals surface area contributed by atoms with Crippen LogP contribution in [0.3, 0.4) is 0 Å². The summed E-state index contributed by atoms with van der Waals surface area (Å²) < 4.78 is 0. The molecular weight excluding hydrogens is 399 g/mol. The van der Waals surface area contributed by atoms with Crippen molar-refractivity contribution in [3.63, 3.8) is 0 Å². The molecule has 0 spiro atoms. The Kier molecular flexibility index (Phi) is 10.8. The van der Waals surface area contributed by atoms with E-state index in [0.29, 0.717) is 0 Å². The van der Waals surface area contributed by atoms with Crippen molar-refractivity contribution in [3.8, 4) is 0 Å². The van der Waals surface area contributed by atoms with E-state index in [2.05, 4.69) is 28.0 Å². The van der Waals surface area contributed by atoms with Crippen LogP contribution in [0.2, 0.25) is 10.5 Å². The summed E-state index contributed by atoms with van der Waals surface area (Å²) in [5.41, 5.74) is 0. The summed E-state index contributed by atoms with van der Waals surface area (Å²) in [5, 5.41) is 2.63. The van der Waals surface area contributed by atoms with Gasteiger partial charge in [-0.05, 0) is 0 Å². The van der Waals surface area contributed by atoms with E-state index in [1.54, 1.807) is 0 Å². The Balaban J connectivity index is 3.42. The van der Waals surface area contributed by atoms with E-state index in [9.17, 15) is 0 Å². The Hall–Kier alpha value is 2.08. The van der Waals surface area contributed by atoms with Crippen LogP contribution in [-0.4, -0.2) is 21.3 Å². The number of halogens is 4. The first kappa shape index (κ1) is 15.1. The van der Waals surface area contributed by atoms with E-state index in [4.69, 9.17) is 23.2 Å². The Morgan fingerprint density at radius 2 is 1.15 bits per heavy atom. The molecule has 0 saturated heterocycles. The van der Waals surface area contributed by atoms with Gasteiger partial charge in [0.05, 0.1) is 0 Å². The first-order valence-corrected chi connectivity index (χ1v) is 18.5. The van der Waals surface area contributed by atoms with Crippen LogP contribution in [0, 0.1) is 0 Å². The molecule has 13 heavy (non-hydrogen) atoms. The molecule has 0 saturated carbocycles. The van der Waals surface area contributed by atoms with Crippen LogP contribution in [0.25, 0.3) is 0 Å². The fourth-order valence-electron chi connectivity index (χ4n) is 1.08. The maximum absolute atomic E-state index is 5.63. The zero-order valence-electron chi connectivity index (χ0n) is 7.67. The van der Waals surface area contributed by atoms with Crippen molar-refractivity contribution < 1.29 is 0 Å². The summed E-state index contributed by atoms with van der Waals surface area (Å²) in [5.74, 6) is 1.58. The molecule has 0 radical (unpaired) electrons. The molecule has 0 nitrogen and oxygen atoms in total. The van der Waals surface area contributed by atoms with Gasteiger partial charge < -0.3 is 0 Å². The van der Waals surface area contributed by atoms with E-state index in [1.807, 2.05) is 0 Å². The molecule has 5 heteroatoms. The van der Waals surface area contributed by atoms with Gasteiger partial charge in [0.25, 0.3) is 0 Å². The molecule has 0 unspecified atom stereocenters. The molecule has 0 aliphatic rings. The zero-order valence-corrected chi connectivity index (χ0v) is 14.5. The van der Waals surface area contributed by atoms with Gasteiger partial charge in [0.15, 0.2) is 0 Å². The Labute approximate surface area is 108 Å².